The second kappa shape index (κ2) is 26.7. The van der Waals surface area contributed by atoms with Crippen LogP contribution in [-0.2, 0) is 21.7 Å². The predicted molar refractivity (Wildman–Crippen MR) is 466 cm³/mol. The van der Waals surface area contributed by atoms with Crippen LogP contribution in [0, 0.1) is 0 Å². The van der Waals surface area contributed by atoms with Crippen molar-refractivity contribution in [3.63, 3.8) is 0 Å². The summed E-state index contributed by atoms with van der Waals surface area (Å²) in [4.78, 5) is 19.8. The molecule has 0 aliphatic carbocycles. The van der Waals surface area contributed by atoms with Gasteiger partial charge in [0.2, 0.25) is 0 Å². The third kappa shape index (κ3) is 12.3. The van der Waals surface area contributed by atoms with Crippen molar-refractivity contribution >= 4 is 79.0 Å². The molecule has 4 heterocycles. The molecule has 0 fully saturated rings. The molecule has 0 spiro atoms. The fraction of sp³-hybridized carbons (Fsp3) is 0.155. The van der Waals surface area contributed by atoms with Gasteiger partial charge in [-0.2, -0.15) is 0 Å². The molecule has 0 bridgehead atoms. The maximum Gasteiger partial charge on any atom is 0.252 e. The molecule has 2 aliphatic heterocycles. The highest BCUT2D eigenvalue weighted by Crippen LogP contribution is 2.56. The summed E-state index contributed by atoms with van der Waals surface area (Å²) in [6.07, 6.45) is 0. The molecule has 0 unspecified atom stereocenters. The van der Waals surface area contributed by atoms with Crippen LogP contribution in [0.3, 0.4) is 0 Å². The smallest absolute Gasteiger partial charge is 0.252 e. The molecule has 534 valence electrons. The number of rotatable bonds is 11. The van der Waals surface area contributed by atoms with Crippen LogP contribution in [0.15, 0.2) is 321 Å². The van der Waals surface area contributed by atoms with Crippen molar-refractivity contribution in [3.05, 3.63) is 343 Å². The average Bonchev–Trinajstić information content (AvgIpc) is 1.52. The standard InChI is InChI=1S/C103H89BN6/c1-100(2,3)75-55-73(56-76(60-75)101(4,5)6)74-58-92-94-93(59-74)110(96-84(69-41-25-16-26-42-69)63-78(103(10,11)12)64-85(96)99-106-97(70-43-27-17-28-44-70)105-98(107-99)71-45-29-18-30-46-71)91-65-79(108-88-49-33-31-47-80(88)81-48-32-34-50-89(81)108)52-54-87(91)104(94)86-53-51-72(66-35-19-13-20-36-66)57-90(86)109(92)95-82(67-37-21-14-22-38-67)61-77(102(7,8)9)62-83(95)68-39-23-15-24-40-68/h13-65H,1-12H3/i13D,17D,18D,19D,20D,27D,28D,29D,30D,31D,32D,33D,34D,35D,36D,43D,44D,45D,46D,47D,48D,49D,50D. The fourth-order valence-electron chi connectivity index (χ4n) is 15.4. The van der Waals surface area contributed by atoms with Crippen molar-refractivity contribution in [3.8, 4) is 95.5 Å². The normalized spacial score (nSPS) is 15.8. The van der Waals surface area contributed by atoms with Gasteiger partial charge in [0.05, 0.1) is 53.9 Å². The van der Waals surface area contributed by atoms with Gasteiger partial charge in [-0.15, -0.1) is 0 Å². The molecular formula is C103H89BN6. The van der Waals surface area contributed by atoms with E-state index in [0.717, 1.165) is 44.5 Å². The van der Waals surface area contributed by atoms with Gasteiger partial charge in [0.15, 0.2) is 17.5 Å². The Kier molecular flexibility index (Phi) is 11.7. The second-order valence-electron chi connectivity index (χ2n) is 32.4. The Morgan fingerprint density at radius 3 is 1.08 bits per heavy atom. The van der Waals surface area contributed by atoms with Crippen LogP contribution in [0.1, 0.15) is 137 Å². The number of nitrogens with zero attached hydrogens (tertiary/aromatic N) is 6. The van der Waals surface area contributed by atoms with Crippen molar-refractivity contribution in [1.82, 2.24) is 19.5 Å². The van der Waals surface area contributed by atoms with Crippen molar-refractivity contribution in [2.24, 2.45) is 0 Å². The topological polar surface area (TPSA) is 50.1 Å². The Balaban J connectivity index is 1.13. The zero-order chi connectivity index (χ0) is 95.6. The summed E-state index contributed by atoms with van der Waals surface area (Å²) < 4.78 is 218. The molecule has 0 saturated carbocycles. The number of aromatic nitrogens is 4. The number of hydrogen-bond donors (Lipinski definition) is 0. The maximum atomic E-state index is 10.0. The van der Waals surface area contributed by atoms with E-state index in [1.807, 2.05) is 123 Å². The number of benzene rings is 14. The third-order valence-corrected chi connectivity index (χ3v) is 21.1. The molecule has 14 aromatic carbocycles. The van der Waals surface area contributed by atoms with E-state index in [9.17, 15) is 27.4 Å². The first-order valence-corrected chi connectivity index (χ1v) is 36.9. The van der Waals surface area contributed by atoms with Crippen molar-refractivity contribution < 1.29 is 31.5 Å². The van der Waals surface area contributed by atoms with E-state index >= 15 is 0 Å². The SMILES string of the molecule is [2H]c1c([2H])c([2H])c(-c2ccc3c(c2)N(c2c(-c4ccccc4)cc(C(C)(C)C)cc2-c2ccccc2)c2cc(-c4cc(C(C)(C)C)cc(C(C)(C)C)c4)cc4c2B3c2ccc(-n3c5c([2H])c([2H])c([2H])c([2H])c5c5c([2H])c([2H])c([2H])c([2H])c53)cc2N4c2c(-c3ccccc3)cc(C(C)(C)C)cc2-c2nc(-c3c([2H])c([2H])c([2H])c([2H])c3[2H])nc(-c3c([2H])c([2H])c([2H])c([2H])c3[2H])n2)c([2H])c1[2H]. The average molecular weight is 1440 g/mol. The van der Waals surface area contributed by atoms with Crippen LogP contribution < -0.4 is 26.2 Å². The van der Waals surface area contributed by atoms with Gasteiger partial charge in [0, 0.05) is 72.6 Å². The second-order valence-corrected chi connectivity index (χ2v) is 32.4. The monoisotopic (exact) mass is 1440 g/mol. The fourth-order valence-corrected chi connectivity index (χ4v) is 15.4. The van der Waals surface area contributed by atoms with E-state index in [0.29, 0.717) is 67.1 Å². The Hall–Kier alpha value is -12.4. The van der Waals surface area contributed by atoms with E-state index in [1.54, 1.807) is 18.2 Å². The van der Waals surface area contributed by atoms with Crippen LogP contribution in [0.2, 0.25) is 0 Å². The van der Waals surface area contributed by atoms with Gasteiger partial charge in [-0.05, 0) is 166 Å². The number of hydrogen-bond acceptors (Lipinski definition) is 5. The lowest BCUT2D eigenvalue weighted by atomic mass is 9.33. The minimum absolute atomic E-state index is 0.0817. The predicted octanol–water partition coefficient (Wildman–Crippen LogP) is 25.6. The minimum atomic E-state index is -0.992. The zero-order valence-electron chi connectivity index (χ0n) is 86.1. The summed E-state index contributed by atoms with van der Waals surface area (Å²) in [6.45, 7) is 24.4. The Morgan fingerprint density at radius 1 is 0.282 bits per heavy atom. The van der Waals surface area contributed by atoms with Gasteiger partial charge in [0.25, 0.3) is 6.71 Å². The minimum Gasteiger partial charge on any atom is -0.310 e. The van der Waals surface area contributed by atoms with Gasteiger partial charge in [-0.1, -0.05) is 337 Å². The molecule has 0 atom stereocenters. The third-order valence-electron chi connectivity index (χ3n) is 21.1. The van der Waals surface area contributed by atoms with Crippen LogP contribution in [0.25, 0.3) is 117 Å². The molecule has 16 aromatic rings. The van der Waals surface area contributed by atoms with Crippen LogP contribution in [0.5, 0.6) is 0 Å². The lowest BCUT2D eigenvalue weighted by Crippen LogP contribution is -2.61. The summed E-state index contributed by atoms with van der Waals surface area (Å²) in [7, 11) is 0. The lowest BCUT2D eigenvalue weighted by Gasteiger charge is -2.46. The molecule has 0 radical (unpaired) electrons. The maximum absolute atomic E-state index is 10.0. The molecule has 7 heteroatoms. The molecule has 18 rings (SSSR count). The lowest BCUT2D eigenvalue weighted by molar-refractivity contribution is 0.569. The van der Waals surface area contributed by atoms with Gasteiger partial charge in [-0.3, -0.25) is 0 Å². The summed E-state index contributed by atoms with van der Waals surface area (Å²) in [5.74, 6) is -1.42. The highest BCUT2D eigenvalue weighted by atomic mass is 15.2. The first kappa shape index (κ1) is 48.1. The molecule has 6 nitrogen and oxygen atoms in total. The van der Waals surface area contributed by atoms with E-state index < -0.39 is 190 Å². The number of para-hydroxylation sites is 2. The molecule has 0 amide bonds. The highest BCUT2D eigenvalue weighted by molar-refractivity contribution is 7.00. The number of fused-ring (bicyclic) bond motifs is 7. The molecule has 2 aromatic heterocycles. The van der Waals surface area contributed by atoms with Crippen LogP contribution in [-0.4, -0.2) is 26.2 Å². The van der Waals surface area contributed by atoms with Crippen LogP contribution in [0.4, 0.5) is 34.1 Å². The molecule has 0 saturated heterocycles. The first-order chi connectivity index (χ1) is 62.6. The van der Waals surface area contributed by atoms with Crippen molar-refractivity contribution in [2.75, 3.05) is 9.80 Å². The highest BCUT2D eigenvalue weighted by Gasteiger charge is 2.47. The van der Waals surface area contributed by atoms with Gasteiger partial charge >= 0.3 is 0 Å². The van der Waals surface area contributed by atoms with E-state index in [2.05, 4.69) is 134 Å². The summed E-state index contributed by atoms with van der Waals surface area (Å²) in [5.41, 5.74) is 10.1. The van der Waals surface area contributed by atoms with Crippen molar-refractivity contribution in [2.45, 2.75) is 105 Å². The first-order valence-electron chi connectivity index (χ1n) is 48.4. The number of anilines is 6. The van der Waals surface area contributed by atoms with Crippen molar-refractivity contribution in [1.29, 1.82) is 0 Å². The Morgan fingerprint density at radius 2 is 0.636 bits per heavy atom. The largest absolute Gasteiger partial charge is 0.310 e. The van der Waals surface area contributed by atoms with Gasteiger partial charge in [0.1, 0.15) is 0 Å². The van der Waals surface area contributed by atoms with E-state index in [-0.39, 0.29) is 55.7 Å². The summed E-state index contributed by atoms with van der Waals surface area (Å²) in [5, 5.41) is -0.395. The molecule has 2 aliphatic rings. The molecular weight excluding hydrogens is 1330 g/mol. The molecule has 110 heavy (non-hydrogen) atoms. The summed E-state index contributed by atoms with van der Waals surface area (Å²) >= 11 is 0. The zero-order valence-corrected chi connectivity index (χ0v) is 63.1. The molecule has 0 N–H and O–H groups in total. The van der Waals surface area contributed by atoms with E-state index in [1.165, 1.54) is 4.57 Å². The van der Waals surface area contributed by atoms with Crippen LogP contribution >= 0.6 is 0 Å². The Bertz CT molecular complexity index is 7380. The summed E-state index contributed by atoms with van der Waals surface area (Å²) in [6, 6.07) is 44.5. The van der Waals surface area contributed by atoms with E-state index in [4.69, 9.17) is 19.1 Å². The Labute approximate surface area is 680 Å². The quantitative estimate of drug-likeness (QED) is 0.121. The van der Waals surface area contributed by atoms with Gasteiger partial charge < -0.3 is 14.4 Å². The van der Waals surface area contributed by atoms with Gasteiger partial charge in [-0.25, -0.2) is 15.0 Å².